The molecule has 4 rings (SSSR count). The van der Waals surface area contributed by atoms with Crippen LogP contribution in [-0.2, 0) is 4.79 Å². The lowest BCUT2D eigenvalue weighted by Crippen LogP contribution is -2.48. The summed E-state index contributed by atoms with van der Waals surface area (Å²) in [6, 6.07) is 9.93. The van der Waals surface area contributed by atoms with Gasteiger partial charge in [-0.25, -0.2) is 14.2 Å². The third-order valence-electron chi connectivity index (χ3n) is 7.15. The van der Waals surface area contributed by atoms with Gasteiger partial charge >= 0.3 is 6.09 Å². The molecule has 9 heteroatoms. The van der Waals surface area contributed by atoms with Crippen molar-refractivity contribution >= 4 is 29.4 Å². The number of pyridine rings is 1. The first-order valence-corrected chi connectivity index (χ1v) is 12.1. The molecule has 7 nitrogen and oxygen atoms in total. The molecule has 3 heterocycles. The van der Waals surface area contributed by atoms with Gasteiger partial charge in [-0.05, 0) is 49.1 Å². The van der Waals surface area contributed by atoms with Crippen LogP contribution < -0.4 is 4.90 Å². The molecule has 0 bridgehead atoms. The second-order valence-electron chi connectivity index (χ2n) is 9.17. The summed E-state index contributed by atoms with van der Waals surface area (Å²) in [7, 11) is 0. The van der Waals surface area contributed by atoms with Gasteiger partial charge in [-0.15, -0.1) is 0 Å². The highest BCUT2D eigenvalue weighted by molar-refractivity contribution is 6.30. The summed E-state index contributed by atoms with van der Waals surface area (Å²) in [5.74, 6) is 0.0480. The number of carboxylic acid groups (broad SMARTS) is 1. The number of rotatable bonds is 5. The summed E-state index contributed by atoms with van der Waals surface area (Å²) >= 11 is 5.86. The summed E-state index contributed by atoms with van der Waals surface area (Å²) in [6.07, 6.45) is 1.43. The molecule has 2 aliphatic rings. The third kappa shape index (κ3) is 4.82. The Morgan fingerprint density at radius 1 is 1.24 bits per heavy atom. The molecule has 2 unspecified atom stereocenters. The van der Waals surface area contributed by atoms with E-state index in [-0.39, 0.29) is 35.2 Å². The van der Waals surface area contributed by atoms with Gasteiger partial charge in [0.2, 0.25) is 5.91 Å². The van der Waals surface area contributed by atoms with Crippen LogP contribution in [0.2, 0.25) is 5.02 Å². The highest BCUT2D eigenvalue weighted by Crippen LogP contribution is 2.36. The predicted octanol–water partition coefficient (Wildman–Crippen LogP) is 4.33. The average molecular weight is 489 g/mol. The zero-order chi connectivity index (χ0) is 24.4. The number of benzene rings is 1. The van der Waals surface area contributed by atoms with Crippen LogP contribution in [0.15, 0.2) is 42.6 Å². The summed E-state index contributed by atoms with van der Waals surface area (Å²) in [4.78, 5) is 35.3. The molecule has 1 aromatic heterocycles. The fourth-order valence-corrected chi connectivity index (χ4v) is 5.48. The summed E-state index contributed by atoms with van der Waals surface area (Å²) < 4.78 is 14.2. The third-order valence-corrected chi connectivity index (χ3v) is 7.46. The quantitative estimate of drug-likeness (QED) is 0.677. The first kappa shape index (κ1) is 24.3. The van der Waals surface area contributed by atoms with Gasteiger partial charge in [0, 0.05) is 50.8 Å². The predicted molar refractivity (Wildman–Crippen MR) is 129 cm³/mol. The van der Waals surface area contributed by atoms with E-state index in [9.17, 15) is 19.1 Å². The minimum atomic E-state index is -1.04. The standard InChI is InChI=1S/C25H30ClFN4O3/c1-3-31(25(33)34)22-15-30(14-19(22)17-7-8-20(26)21(27)12-17)24(32)18-9-11-29(13-16(18)2)23-6-4-5-10-28-23/h4-8,10,12,16,18-19,22H,3,9,11,13-15H2,1-2H3,(H,33,34)/t16?,18?,19-,22+/m0/s1. The van der Waals surface area contributed by atoms with Crippen LogP contribution in [0.4, 0.5) is 15.0 Å². The number of likely N-dealkylation sites (tertiary alicyclic amines) is 1. The van der Waals surface area contributed by atoms with Crippen LogP contribution in [-0.4, -0.2) is 70.7 Å². The number of anilines is 1. The largest absolute Gasteiger partial charge is 0.465 e. The Morgan fingerprint density at radius 3 is 2.65 bits per heavy atom. The number of hydrogen-bond acceptors (Lipinski definition) is 4. The lowest BCUT2D eigenvalue weighted by atomic mass is 9.85. The first-order chi connectivity index (χ1) is 16.3. The van der Waals surface area contributed by atoms with Crippen LogP contribution in [0.5, 0.6) is 0 Å². The van der Waals surface area contributed by atoms with Crippen molar-refractivity contribution in [1.29, 1.82) is 0 Å². The number of likely N-dealkylation sites (N-methyl/N-ethyl adjacent to an activating group) is 1. The number of hydrogen-bond donors (Lipinski definition) is 1. The molecular weight excluding hydrogens is 459 g/mol. The fraction of sp³-hybridized carbons (Fsp3) is 0.480. The van der Waals surface area contributed by atoms with Crippen molar-refractivity contribution in [3.8, 4) is 0 Å². The first-order valence-electron chi connectivity index (χ1n) is 11.7. The molecule has 4 atom stereocenters. The molecule has 0 saturated carbocycles. The van der Waals surface area contributed by atoms with Gasteiger partial charge < -0.3 is 19.8 Å². The van der Waals surface area contributed by atoms with Crippen LogP contribution in [0.1, 0.15) is 31.7 Å². The maximum atomic E-state index is 14.2. The molecule has 0 spiro atoms. The van der Waals surface area contributed by atoms with E-state index < -0.39 is 18.0 Å². The number of carbonyl (C=O) groups excluding carboxylic acids is 1. The number of amides is 2. The highest BCUT2D eigenvalue weighted by Gasteiger charge is 2.44. The molecule has 0 radical (unpaired) electrons. The van der Waals surface area contributed by atoms with Gasteiger partial charge in [-0.3, -0.25) is 4.79 Å². The van der Waals surface area contributed by atoms with E-state index in [1.165, 1.54) is 17.0 Å². The highest BCUT2D eigenvalue weighted by atomic mass is 35.5. The van der Waals surface area contributed by atoms with Crippen molar-refractivity contribution in [2.24, 2.45) is 11.8 Å². The minimum absolute atomic E-state index is 0.0188. The van der Waals surface area contributed by atoms with Crippen LogP contribution in [0, 0.1) is 17.7 Å². The van der Waals surface area contributed by atoms with E-state index in [0.29, 0.717) is 25.1 Å². The Hall–Kier alpha value is -2.87. The Bertz CT molecular complexity index is 1040. The van der Waals surface area contributed by atoms with Gasteiger partial charge in [0.05, 0.1) is 11.1 Å². The van der Waals surface area contributed by atoms with Crippen molar-refractivity contribution < 1.29 is 19.1 Å². The van der Waals surface area contributed by atoms with E-state index in [0.717, 1.165) is 18.9 Å². The molecule has 2 aliphatic heterocycles. The van der Waals surface area contributed by atoms with Gasteiger partial charge in [0.15, 0.2) is 0 Å². The molecule has 1 aromatic carbocycles. The zero-order valence-corrected chi connectivity index (χ0v) is 20.2. The molecule has 2 fully saturated rings. The van der Waals surface area contributed by atoms with Crippen molar-refractivity contribution in [3.05, 3.63) is 59.0 Å². The van der Waals surface area contributed by atoms with Gasteiger partial charge in [0.25, 0.3) is 0 Å². The number of aromatic nitrogens is 1. The Morgan fingerprint density at radius 2 is 2.03 bits per heavy atom. The molecule has 34 heavy (non-hydrogen) atoms. The van der Waals surface area contributed by atoms with Crippen molar-refractivity contribution in [2.75, 3.05) is 37.6 Å². The normalized spacial score (nSPS) is 24.8. The maximum Gasteiger partial charge on any atom is 0.407 e. The topological polar surface area (TPSA) is 77.0 Å². The molecule has 2 amide bonds. The molecule has 0 aliphatic carbocycles. The van der Waals surface area contributed by atoms with E-state index in [1.54, 1.807) is 24.1 Å². The number of nitrogens with zero attached hydrogens (tertiary/aromatic N) is 4. The lowest BCUT2D eigenvalue weighted by Gasteiger charge is -2.38. The maximum absolute atomic E-state index is 14.2. The molecule has 2 aromatic rings. The zero-order valence-electron chi connectivity index (χ0n) is 19.4. The van der Waals surface area contributed by atoms with Crippen LogP contribution in [0.3, 0.4) is 0 Å². The summed E-state index contributed by atoms with van der Waals surface area (Å²) in [5.41, 5.74) is 0.653. The molecule has 2 saturated heterocycles. The fourth-order valence-electron chi connectivity index (χ4n) is 5.36. The number of piperidine rings is 1. The van der Waals surface area contributed by atoms with Crippen LogP contribution in [0.25, 0.3) is 0 Å². The van der Waals surface area contributed by atoms with Crippen molar-refractivity contribution in [2.45, 2.75) is 32.2 Å². The second kappa shape index (κ2) is 10.2. The Kier molecular flexibility index (Phi) is 7.26. The monoisotopic (exact) mass is 488 g/mol. The number of carbonyl (C=O) groups is 2. The second-order valence-corrected chi connectivity index (χ2v) is 9.57. The van der Waals surface area contributed by atoms with Crippen molar-refractivity contribution in [1.82, 2.24) is 14.8 Å². The summed E-state index contributed by atoms with van der Waals surface area (Å²) in [6.45, 7) is 6.24. The Balaban J connectivity index is 1.52. The lowest BCUT2D eigenvalue weighted by molar-refractivity contribution is -0.136. The molecular formula is C25H30ClFN4O3. The summed E-state index contributed by atoms with van der Waals surface area (Å²) in [5, 5.41) is 9.78. The smallest absolute Gasteiger partial charge is 0.407 e. The minimum Gasteiger partial charge on any atom is -0.465 e. The number of halogens is 2. The average Bonchev–Trinajstić information content (AvgIpc) is 3.26. The van der Waals surface area contributed by atoms with Crippen molar-refractivity contribution in [3.63, 3.8) is 0 Å². The van der Waals surface area contributed by atoms with Crippen LogP contribution >= 0.6 is 11.6 Å². The molecule has 182 valence electrons. The van der Waals surface area contributed by atoms with E-state index in [4.69, 9.17) is 11.6 Å². The molecule has 1 N–H and O–H groups in total. The van der Waals surface area contributed by atoms with Gasteiger partial charge in [-0.2, -0.15) is 0 Å². The van der Waals surface area contributed by atoms with E-state index in [1.807, 2.05) is 18.2 Å². The van der Waals surface area contributed by atoms with E-state index >= 15 is 0 Å². The van der Waals surface area contributed by atoms with Gasteiger partial charge in [0.1, 0.15) is 11.6 Å². The Labute approximate surface area is 204 Å². The van der Waals surface area contributed by atoms with E-state index in [2.05, 4.69) is 16.8 Å². The SMILES string of the molecule is CCN(C(=O)O)[C@@H]1CN(C(=O)C2CCN(c3ccccn3)CC2C)C[C@H]1c1ccc(Cl)c(F)c1. The van der Waals surface area contributed by atoms with Gasteiger partial charge in [-0.1, -0.05) is 30.7 Å².